The van der Waals surface area contributed by atoms with Gasteiger partial charge in [-0.2, -0.15) is 0 Å². The van der Waals surface area contributed by atoms with E-state index in [4.69, 9.17) is 9.47 Å². The maximum atomic E-state index is 13.4. The Kier molecular flexibility index (Phi) is 6.65. The summed E-state index contributed by atoms with van der Waals surface area (Å²) in [7, 11) is 0. The fourth-order valence-corrected chi connectivity index (χ4v) is 3.56. The van der Waals surface area contributed by atoms with Gasteiger partial charge in [-0.25, -0.2) is 4.79 Å². The summed E-state index contributed by atoms with van der Waals surface area (Å²) in [5.41, 5.74) is -0.0257. The lowest BCUT2D eigenvalue weighted by Gasteiger charge is -2.29. The van der Waals surface area contributed by atoms with E-state index in [0.29, 0.717) is 36.7 Å². The van der Waals surface area contributed by atoms with Crippen LogP contribution in [-0.4, -0.2) is 53.1 Å². The van der Waals surface area contributed by atoms with Crippen LogP contribution >= 0.6 is 0 Å². The quantitative estimate of drug-likeness (QED) is 0.700. The Balaban J connectivity index is 1.74. The molecule has 2 aromatic carbocycles. The van der Waals surface area contributed by atoms with Crippen molar-refractivity contribution in [1.82, 2.24) is 9.80 Å². The number of hydrogen-bond acceptors (Lipinski definition) is 4. The summed E-state index contributed by atoms with van der Waals surface area (Å²) in [5.74, 6) is 1.10. The fraction of sp³-hybridized carbons (Fsp3) is 0.417. The molecule has 0 aliphatic carbocycles. The Hall–Kier alpha value is -3.02. The summed E-state index contributed by atoms with van der Waals surface area (Å²) >= 11 is 0. The average molecular weight is 411 g/mol. The van der Waals surface area contributed by atoms with Crippen molar-refractivity contribution in [3.05, 3.63) is 60.2 Å². The van der Waals surface area contributed by atoms with E-state index in [1.807, 2.05) is 75.1 Å². The topological polar surface area (TPSA) is 59.1 Å². The number of likely N-dealkylation sites (tertiary alicyclic amines) is 1. The third-order valence-corrected chi connectivity index (χ3v) is 4.95. The molecule has 0 saturated carbocycles. The molecule has 1 fully saturated rings. The van der Waals surface area contributed by atoms with Crippen LogP contribution in [0.25, 0.3) is 0 Å². The molecule has 0 N–H and O–H groups in total. The largest absolute Gasteiger partial charge is 0.457 e. The van der Waals surface area contributed by atoms with E-state index in [1.54, 1.807) is 17.0 Å². The van der Waals surface area contributed by atoms with Gasteiger partial charge in [0.1, 0.15) is 17.1 Å². The molecule has 1 aliphatic heterocycles. The molecule has 6 nitrogen and oxygen atoms in total. The van der Waals surface area contributed by atoms with Crippen molar-refractivity contribution in [3.8, 4) is 11.5 Å². The van der Waals surface area contributed by atoms with Crippen LogP contribution in [0.5, 0.6) is 11.5 Å². The van der Waals surface area contributed by atoms with Gasteiger partial charge in [0.25, 0.3) is 5.91 Å². The van der Waals surface area contributed by atoms with E-state index >= 15 is 0 Å². The summed E-state index contributed by atoms with van der Waals surface area (Å²) in [6.45, 7) is 9.10. The molecule has 2 amide bonds. The molecule has 1 aliphatic rings. The Morgan fingerprint density at radius 1 is 1.07 bits per heavy atom. The molecule has 1 unspecified atom stereocenters. The lowest BCUT2D eigenvalue weighted by atomic mass is 10.1. The lowest BCUT2D eigenvalue weighted by molar-refractivity contribution is 0.0276. The zero-order valence-electron chi connectivity index (χ0n) is 18.1. The first-order valence-corrected chi connectivity index (χ1v) is 10.4. The highest BCUT2D eigenvalue weighted by Crippen LogP contribution is 2.28. The molecule has 0 aromatic heterocycles. The van der Waals surface area contributed by atoms with Crippen molar-refractivity contribution >= 4 is 12.0 Å². The molecule has 0 spiro atoms. The highest BCUT2D eigenvalue weighted by atomic mass is 16.6. The molecule has 6 heteroatoms. The van der Waals surface area contributed by atoms with Crippen LogP contribution in [0.15, 0.2) is 54.6 Å². The lowest BCUT2D eigenvalue weighted by Crippen LogP contribution is -2.43. The third-order valence-electron chi connectivity index (χ3n) is 4.95. The van der Waals surface area contributed by atoms with E-state index < -0.39 is 5.60 Å². The first-order valence-electron chi connectivity index (χ1n) is 10.4. The summed E-state index contributed by atoms with van der Waals surface area (Å²) in [6, 6.07) is 16.6. The minimum absolute atomic E-state index is 0.0557. The summed E-state index contributed by atoms with van der Waals surface area (Å²) in [5, 5.41) is 0. The van der Waals surface area contributed by atoms with Crippen molar-refractivity contribution in [3.63, 3.8) is 0 Å². The highest BCUT2D eigenvalue weighted by Gasteiger charge is 2.35. The van der Waals surface area contributed by atoms with E-state index in [-0.39, 0.29) is 18.0 Å². The number of carbonyl (C=O) groups excluding carboxylic acids is 2. The van der Waals surface area contributed by atoms with Crippen molar-refractivity contribution in [2.45, 2.75) is 45.8 Å². The van der Waals surface area contributed by atoms with Crippen LogP contribution in [0.2, 0.25) is 0 Å². The number of benzene rings is 2. The minimum Gasteiger partial charge on any atom is -0.457 e. The number of carbonyl (C=O) groups is 2. The zero-order chi connectivity index (χ0) is 21.7. The van der Waals surface area contributed by atoms with Crippen molar-refractivity contribution in [1.29, 1.82) is 0 Å². The molecule has 160 valence electrons. The second-order valence-corrected chi connectivity index (χ2v) is 8.37. The van der Waals surface area contributed by atoms with E-state index in [2.05, 4.69) is 0 Å². The normalized spacial score (nSPS) is 16.3. The predicted octanol–water partition coefficient (Wildman–Crippen LogP) is 4.95. The van der Waals surface area contributed by atoms with Gasteiger partial charge in [0.15, 0.2) is 0 Å². The Morgan fingerprint density at radius 3 is 2.40 bits per heavy atom. The minimum atomic E-state index is -0.539. The van der Waals surface area contributed by atoms with Gasteiger partial charge in [-0.15, -0.1) is 0 Å². The molecule has 1 atom stereocenters. The molecule has 3 rings (SSSR count). The van der Waals surface area contributed by atoms with Crippen molar-refractivity contribution in [2.75, 3.05) is 19.6 Å². The van der Waals surface area contributed by atoms with Gasteiger partial charge in [-0.1, -0.05) is 30.3 Å². The van der Waals surface area contributed by atoms with Gasteiger partial charge in [0.2, 0.25) is 0 Å². The third kappa shape index (κ3) is 5.32. The van der Waals surface area contributed by atoms with Crippen molar-refractivity contribution < 1.29 is 19.1 Å². The molecule has 1 heterocycles. The number of rotatable bonds is 5. The van der Waals surface area contributed by atoms with Crippen LogP contribution in [0.4, 0.5) is 4.79 Å². The average Bonchev–Trinajstić information content (AvgIpc) is 3.18. The maximum absolute atomic E-state index is 13.4. The van der Waals surface area contributed by atoms with Crippen LogP contribution in [0.3, 0.4) is 0 Å². The molecule has 0 radical (unpaired) electrons. The summed E-state index contributed by atoms with van der Waals surface area (Å²) in [6.07, 6.45) is 0.391. The Morgan fingerprint density at radius 2 is 1.73 bits per heavy atom. The smallest absolute Gasteiger partial charge is 0.410 e. The summed E-state index contributed by atoms with van der Waals surface area (Å²) in [4.78, 5) is 29.3. The number of ether oxygens (including phenoxy) is 2. The number of hydrogen-bond donors (Lipinski definition) is 0. The molecular formula is C24H30N2O4. The van der Waals surface area contributed by atoms with Gasteiger partial charge in [-0.3, -0.25) is 4.79 Å². The number of likely N-dealkylation sites (N-methyl/N-ethyl adjacent to an activating group) is 1. The zero-order valence-corrected chi connectivity index (χ0v) is 18.1. The van der Waals surface area contributed by atoms with Gasteiger partial charge in [-0.05, 0) is 58.4 Å². The fourth-order valence-electron chi connectivity index (χ4n) is 3.56. The van der Waals surface area contributed by atoms with Gasteiger partial charge < -0.3 is 19.3 Å². The van der Waals surface area contributed by atoms with Gasteiger partial charge in [0, 0.05) is 19.6 Å². The van der Waals surface area contributed by atoms with Crippen LogP contribution in [0, 0.1) is 0 Å². The standard InChI is InChI=1S/C24H30N2O4/c1-5-26(18-15-16-25(17-18)23(28)30-24(2,3)4)22(27)20-13-9-10-14-21(20)29-19-11-7-6-8-12-19/h6-14,18H,5,15-17H2,1-4H3. The Labute approximate surface area is 178 Å². The second-order valence-electron chi connectivity index (χ2n) is 8.37. The van der Waals surface area contributed by atoms with Gasteiger partial charge in [0.05, 0.1) is 11.6 Å². The first-order chi connectivity index (χ1) is 14.3. The number of nitrogens with zero attached hydrogens (tertiary/aromatic N) is 2. The predicted molar refractivity (Wildman–Crippen MR) is 116 cm³/mol. The monoisotopic (exact) mass is 410 g/mol. The SMILES string of the molecule is CCN(C(=O)c1ccccc1Oc1ccccc1)C1CCN(C(=O)OC(C)(C)C)C1. The number of para-hydroxylation sites is 2. The van der Waals surface area contributed by atoms with E-state index in [0.717, 1.165) is 6.42 Å². The van der Waals surface area contributed by atoms with E-state index in [9.17, 15) is 9.59 Å². The highest BCUT2D eigenvalue weighted by molar-refractivity contribution is 5.97. The molecule has 0 bridgehead atoms. The van der Waals surface area contributed by atoms with Crippen LogP contribution in [-0.2, 0) is 4.74 Å². The van der Waals surface area contributed by atoms with Crippen LogP contribution in [0.1, 0.15) is 44.5 Å². The van der Waals surface area contributed by atoms with Crippen molar-refractivity contribution in [2.24, 2.45) is 0 Å². The molecule has 2 aromatic rings. The molecular weight excluding hydrogens is 380 g/mol. The first kappa shape index (κ1) is 21.7. The molecule has 30 heavy (non-hydrogen) atoms. The number of amides is 2. The second kappa shape index (κ2) is 9.20. The van der Waals surface area contributed by atoms with E-state index in [1.165, 1.54) is 0 Å². The van der Waals surface area contributed by atoms with Gasteiger partial charge >= 0.3 is 6.09 Å². The maximum Gasteiger partial charge on any atom is 0.410 e. The molecule has 1 saturated heterocycles. The summed E-state index contributed by atoms with van der Waals surface area (Å²) < 4.78 is 11.4. The Bertz CT molecular complexity index is 876. The van der Waals surface area contributed by atoms with Crippen LogP contribution < -0.4 is 4.74 Å².